The minimum atomic E-state index is -0.524. The Labute approximate surface area is 88.0 Å². The summed E-state index contributed by atoms with van der Waals surface area (Å²) in [6.45, 7) is 6.19. The van der Waals surface area contributed by atoms with E-state index in [1.54, 1.807) is 6.92 Å². The second-order valence-corrected chi connectivity index (χ2v) is 3.19. The molecule has 1 heterocycles. The number of hydrogen-bond acceptors (Lipinski definition) is 5. The molecule has 1 N–H and O–H groups in total. The highest BCUT2D eigenvalue weighted by molar-refractivity contribution is 5.84. The fourth-order valence-corrected chi connectivity index (χ4v) is 0.892. The standard InChI is InChI=1S/C9H15N3O3/c1-4-14-9(13)8-10-7(11-12-8)5-15-6(2)3/h6H,4-5H2,1-3H3,(H,10,11,12). The molecule has 6 heteroatoms. The van der Waals surface area contributed by atoms with Crippen LogP contribution in [-0.4, -0.2) is 33.9 Å². The number of aromatic amines is 1. The summed E-state index contributed by atoms with van der Waals surface area (Å²) in [4.78, 5) is 15.1. The summed E-state index contributed by atoms with van der Waals surface area (Å²) in [6.07, 6.45) is 0.112. The van der Waals surface area contributed by atoms with E-state index in [1.165, 1.54) is 0 Å². The lowest BCUT2D eigenvalue weighted by molar-refractivity contribution is 0.0510. The number of esters is 1. The average Bonchev–Trinajstić information content (AvgIpc) is 2.63. The van der Waals surface area contributed by atoms with Crippen LogP contribution in [0.4, 0.5) is 0 Å². The molecule has 0 aliphatic rings. The molecule has 0 amide bonds. The van der Waals surface area contributed by atoms with Crippen molar-refractivity contribution in [1.82, 2.24) is 15.2 Å². The van der Waals surface area contributed by atoms with Crippen LogP contribution in [0.5, 0.6) is 0 Å². The molecule has 1 aromatic heterocycles. The van der Waals surface area contributed by atoms with Crippen LogP contribution in [-0.2, 0) is 16.1 Å². The summed E-state index contributed by atoms with van der Waals surface area (Å²) >= 11 is 0. The molecule has 1 aromatic rings. The van der Waals surface area contributed by atoms with Gasteiger partial charge in [-0.05, 0) is 20.8 Å². The second-order valence-electron chi connectivity index (χ2n) is 3.19. The van der Waals surface area contributed by atoms with Crippen LogP contribution >= 0.6 is 0 Å². The Hall–Kier alpha value is -1.43. The van der Waals surface area contributed by atoms with Crippen molar-refractivity contribution in [1.29, 1.82) is 0 Å². The number of carbonyl (C=O) groups excluding carboxylic acids is 1. The van der Waals surface area contributed by atoms with Gasteiger partial charge in [0.05, 0.1) is 12.7 Å². The van der Waals surface area contributed by atoms with Crippen LogP contribution in [0, 0.1) is 0 Å². The Morgan fingerprint density at radius 3 is 2.87 bits per heavy atom. The molecule has 0 unspecified atom stereocenters. The monoisotopic (exact) mass is 213 g/mol. The van der Waals surface area contributed by atoms with Gasteiger partial charge >= 0.3 is 5.97 Å². The molecule has 0 bridgehead atoms. The van der Waals surface area contributed by atoms with E-state index >= 15 is 0 Å². The Morgan fingerprint density at radius 1 is 1.53 bits per heavy atom. The molecule has 0 aliphatic carbocycles. The average molecular weight is 213 g/mol. The molecular weight excluding hydrogens is 198 g/mol. The predicted molar refractivity (Wildman–Crippen MR) is 52.3 cm³/mol. The van der Waals surface area contributed by atoms with Gasteiger partial charge in [0.1, 0.15) is 6.61 Å². The number of aromatic nitrogens is 3. The van der Waals surface area contributed by atoms with Crippen LogP contribution in [0.1, 0.15) is 37.2 Å². The van der Waals surface area contributed by atoms with E-state index in [2.05, 4.69) is 15.2 Å². The maximum atomic E-state index is 11.2. The quantitative estimate of drug-likeness (QED) is 0.735. The highest BCUT2D eigenvalue weighted by Gasteiger charge is 2.13. The first kappa shape index (κ1) is 11.6. The van der Waals surface area contributed by atoms with Gasteiger partial charge < -0.3 is 9.47 Å². The van der Waals surface area contributed by atoms with E-state index in [0.29, 0.717) is 19.0 Å². The third kappa shape index (κ3) is 3.67. The number of ether oxygens (including phenoxy) is 2. The first-order valence-electron chi connectivity index (χ1n) is 4.83. The molecule has 0 aliphatic heterocycles. The molecule has 1 rings (SSSR count). The summed E-state index contributed by atoms with van der Waals surface area (Å²) < 4.78 is 10.0. The van der Waals surface area contributed by atoms with Crippen LogP contribution in [0.2, 0.25) is 0 Å². The van der Waals surface area contributed by atoms with E-state index in [-0.39, 0.29) is 11.9 Å². The summed E-state index contributed by atoms with van der Waals surface area (Å²) in [5.74, 6) is 0.0375. The Bertz CT molecular complexity index is 322. The summed E-state index contributed by atoms with van der Waals surface area (Å²) in [7, 11) is 0. The van der Waals surface area contributed by atoms with Crippen molar-refractivity contribution in [3.63, 3.8) is 0 Å². The zero-order valence-electron chi connectivity index (χ0n) is 9.11. The minimum absolute atomic E-state index is 0.0409. The van der Waals surface area contributed by atoms with E-state index in [9.17, 15) is 4.79 Å². The van der Waals surface area contributed by atoms with E-state index in [0.717, 1.165) is 0 Å². The van der Waals surface area contributed by atoms with Gasteiger partial charge in [-0.1, -0.05) is 0 Å². The molecule has 0 spiro atoms. The molecule has 0 saturated carbocycles. The fourth-order valence-electron chi connectivity index (χ4n) is 0.892. The van der Waals surface area contributed by atoms with Crippen LogP contribution < -0.4 is 0 Å². The number of rotatable bonds is 5. The third-order valence-electron chi connectivity index (χ3n) is 1.54. The maximum absolute atomic E-state index is 11.2. The van der Waals surface area contributed by atoms with Crippen LogP contribution in [0.3, 0.4) is 0 Å². The number of H-pyrrole nitrogens is 1. The van der Waals surface area contributed by atoms with Gasteiger partial charge in [0.15, 0.2) is 5.82 Å². The van der Waals surface area contributed by atoms with E-state index < -0.39 is 5.97 Å². The van der Waals surface area contributed by atoms with Crippen LogP contribution in [0.15, 0.2) is 0 Å². The lowest BCUT2D eigenvalue weighted by atomic mass is 10.5. The predicted octanol–water partition coefficient (Wildman–Crippen LogP) is 0.906. The first-order valence-corrected chi connectivity index (χ1v) is 4.83. The maximum Gasteiger partial charge on any atom is 0.378 e. The summed E-state index contributed by atoms with van der Waals surface area (Å²) in [6, 6.07) is 0. The number of nitrogens with zero attached hydrogens (tertiary/aromatic N) is 2. The third-order valence-corrected chi connectivity index (χ3v) is 1.54. The highest BCUT2D eigenvalue weighted by atomic mass is 16.5. The molecular formula is C9H15N3O3. The van der Waals surface area contributed by atoms with Crippen molar-refractivity contribution in [2.24, 2.45) is 0 Å². The van der Waals surface area contributed by atoms with Gasteiger partial charge in [0, 0.05) is 0 Å². The Kier molecular flexibility index (Phi) is 4.23. The first-order chi connectivity index (χ1) is 7.13. The van der Waals surface area contributed by atoms with Gasteiger partial charge in [-0.15, -0.1) is 5.10 Å². The molecule has 6 nitrogen and oxygen atoms in total. The van der Waals surface area contributed by atoms with Gasteiger partial charge in [-0.3, -0.25) is 5.10 Å². The second kappa shape index (κ2) is 5.45. The molecule has 15 heavy (non-hydrogen) atoms. The molecule has 84 valence electrons. The molecule has 0 saturated heterocycles. The molecule has 0 radical (unpaired) electrons. The largest absolute Gasteiger partial charge is 0.460 e. The van der Waals surface area contributed by atoms with E-state index in [1.807, 2.05) is 13.8 Å². The fraction of sp³-hybridized carbons (Fsp3) is 0.667. The number of hydrogen-bond donors (Lipinski definition) is 1. The van der Waals surface area contributed by atoms with Crippen molar-refractivity contribution < 1.29 is 14.3 Å². The van der Waals surface area contributed by atoms with Crippen molar-refractivity contribution in [2.75, 3.05) is 6.61 Å². The Balaban J connectivity index is 2.52. The molecule has 0 atom stereocenters. The van der Waals surface area contributed by atoms with Gasteiger partial charge in [0.25, 0.3) is 5.82 Å². The van der Waals surface area contributed by atoms with Gasteiger partial charge in [-0.25, -0.2) is 9.78 Å². The van der Waals surface area contributed by atoms with Crippen LogP contribution in [0.25, 0.3) is 0 Å². The SMILES string of the molecule is CCOC(=O)c1n[nH]c(COC(C)C)n1. The van der Waals surface area contributed by atoms with Crippen molar-refractivity contribution in [2.45, 2.75) is 33.5 Å². The lowest BCUT2D eigenvalue weighted by Gasteiger charge is -2.03. The molecule has 0 fully saturated rings. The number of nitrogens with one attached hydrogen (secondary N) is 1. The topological polar surface area (TPSA) is 77.1 Å². The minimum Gasteiger partial charge on any atom is -0.460 e. The Morgan fingerprint density at radius 2 is 2.27 bits per heavy atom. The van der Waals surface area contributed by atoms with Crippen molar-refractivity contribution in [3.8, 4) is 0 Å². The van der Waals surface area contributed by atoms with E-state index in [4.69, 9.17) is 9.47 Å². The summed E-state index contributed by atoms with van der Waals surface area (Å²) in [5.41, 5.74) is 0. The zero-order valence-corrected chi connectivity index (χ0v) is 9.11. The number of carbonyl (C=O) groups is 1. The molecule has 0 aromatic carbocycles. The lowest BCUT2D eigenvalue weighted by Crippen LogP contribution is -2.07. The van der Waals surface area contributed by atoms with Crippen molar-refractivity contribution >= 4 is 5.97 Å². The summed E-state index contributed by atoms with van der Waals surface area (Å²) in [5, 5.41) is 6.34. The zero-order chi connectivity index (χ0) is 11.3. The highest BCUT2D eigenvalue weighted by Crippen LogP contribution is 1.99. The smallest absolute Gasteiger partial charge is 0.378 e. The van der Waals surface area contributed by atoms with Gasteiger partial charge in [0.2, 0.25) is 0 Å². The van der Waals surface area contributed by atoms with Crippen molar-refractivity contribution in [3.05, 3.63) is 11.6 Å². The normalized spacial score (nSPS) is 10.7. The van der Waals surface area contributed by atoms with Gasteiger partial charge in [-0.2, -0.15) is 0 Å².